The Labute approximate surface area is 164 Å². The van der Waals surface area contributed by atoms with Crippen molar-refractivity contribution in [3.8, 4) is 22.6 Å². The van der Waals surface area contributed by atoms with E-state index in [0.29, 0.717) is 10.0 Å². The maximum atomic E-state index is 6.09. The van der Waals surface area contributed by atoms with Gasteiger partial charge in [-0.2, -0.15) is 0 Å². The van der Waals surface area contributed by atoms with Crippen molar-refractivity contribution in [3.05, 3.63) is 64.3 Å². The summed E-state index contributed by atoms with van der Waals surface area (Å²) >= 11 is 12.1. The first-order valence-corrected chi connectivity index (χ1v) is 8.60. The van der Waals surface area contributed by atoms with Crippen LogP contribution in [0.1, 0.15) is 12.5 Å². The Kier molecular flexibility index (Phi) is 6.91. The molecule has 6 heteroatoms. The minimum absolute atomic E-state index is 0. The molecule has 0 aliphatic heterocycles. The molecular formula is C19H20Cl3N3. The zero-order chi connectivity index (χ0) is 17.1. The molecule has 0 aliphatic rings. The minimum atomic E-state index is 0. The molecule has 3 rings (SSSR count). The average Bonchev–Trinajstić information content (AvgIpc) is 3.07. The highest BCUT2D eigenvalue weighted by Crippen LogP contribution is 2.28. The van der Waals surface area contributed by atoms with Crippen LogP contribution in [-0.4, -0.2) is 28.5 Å². The van der Waals surface area contributed by atoms with Crippen LogP contribution in [0.4, 0.5) is 0 Å². The number of imidazole rings is 1. The Bertz CT molecular complexity index is 845. The zero-order valence-corrected chi connectivity index (χ0v) is 16.4. The third kappa shape index (κ3) is 4.77. The van der Waals surface area contributed by atoms with E-state index in [9.17, 15) is 0 Å². The van der Waals surface area contributed by atoms with Crippen LogP contribution in [0.5, 0.6) is 0 Å². The first kappa shape index (κ1) is 19.8. The first-order chi connectivity index (χ1) is 11.6. The molecule has 0 unspecified atom stereocenters. The van der Waals surface area contributed by atoms with Gasteiger partial charge in [0.15, 0.2) is 0 Å². The molecule has 0 bridgehead atoms. The van der Waals surface area contributed by atoms with Crippen molar-refractivity contribution in [2.75, 3.05) is 13.6 Å². The number of hydrogen-bond donors (Lipinski definition) is 1. The SMILES string of the molecule is CCN(C)Cc1cccc(-c2cnc(-c3ccc(Cl)c(Cl)c3)[nH]2)c1.Cl. The number of halogens is 3. The largest absolute Gasteiger partial charge is 0.338 e. The van der Waals surface area contributed by atoms with Crippen molar-refractivity contribution in [1.29, 1.82) is 0 Å². The van der Waals surface area contributed by atoms with Crippen LogP contribution in [0.25, 0.3) is 22.6 Å². The number of nitrogens with one attached hydrogen (secondary N) is 1. The Morgan fingerprint density at radius 3 is 2.56 bits per heavy atom. The molecular weight excluding hydrogens is 377 g/mol. The molecule has 132 valence electrons. The van der Waals surface area contributed by atoms with E-state index >= 15 is 0 Å². The molecule has 3 aromatic rings. The maximum absolute atomic E-state index is 6.09. The van der Waals surface area contributed by atoms with Gasteiger partial charge in [-0.05, 0) is 49.0 Å². The molecule has 0 saturated heterocycles. The van der Waals surface area contributed by atoms with Gasteiger partial charge in [-0.1, -0.05) is 48.3 Å². The number of rotatable bonds is 5. The Morgan fingerprint density at radius 1 is 1.04 bits per heavy atom. The van der Waals surface area contributed by atoms with Crippen molar-refractivity contribution < 1.29 is 0 Å². The van der Waals surface area contributed by atoms with E-state index in [-0.39, 0.29) is 12.4 Å². The lowest BCUT2D eigenvalue weighted by molar-refractivity contribution is 0.346. The van der Waals surface area contributed by atoms with E-state index in [4.69, 9.17) is 23.2 Å². The van der Waals surface area contributed by atoms with Gasteiger partial charge in [-0.3, -0.25) is 0 Å². The van der Waals surface area contributed by atoms with Crippen LogP contribution in [0.2, 0.25) is 10.0 Å². The lowest BCUT2D eigenvalue weighted by atomic mass is 10.1. The van der Waals surface area contributed by atoms with E-state index in [1.54, 1.807) is 6.07 Å². The smallest absolute Gasteiger partial charge is 0.137 e. The normalized spacial score (nSPS) is 10.8. The predicted molar refractivity (Wildman–Crippen MR) is 109 cm³/mol. The van der Waals surface area contributed by atoms with E-state index in [0.717, 1.165) is 35.7 Å². The summed E-state index contributed by atoms with van der Waals surface area (Å²) in [5, 5.41) is 1.07. The molecule has 0 atom stereocenters. The van der Waals surface area contributed by atoms with Crippen molar-refractivity contribution in [2.24, 2.45) is 0 Å². The summed E-state index contributed by atoms with van der Waals surface area (Å²) in [4.78, 5) is 10.1. The topological polar surface area (TPSA) is 31.9 Å². The highest BCUT2D eigenvalue weighted by molar-refractivity contribution is 6.42. The molecule has 0 fully saturated rings. The summed E-state index contributed by atoms with van der Waals surface area (Å²) in [5.41, 5.74) is 4.30. The monoisotopic (exact) mass is 395 g/mol. The van der Waals surface area contributed by atoms with Crippen molar-refractivity contribution in [2.45, 2.75) is 13.5 Å². The molecule has 1 N–H and O–H groups in total. The van der Waals surface area contributed by atoms with Gasteiger partial charge in [-0.15, -0.1) is 12.4 Å². The van der Waals surface area contributed by atoms with Gasteiger partial charge in [0.05, 0.1) is 21.9 Å². The molecule has 1 heterocycles. The average molecular weight is 397 g/mol. The van der Waals surface area contributed by atoms with Gasteiger partial charge >= 0.3 is 0 Å². The number of benzene rings is 2. The highest BCUT2D eigenvalue weighted by atomic mass is 35.5. The van der Waals surface area contributed by atoms with Gasteiger partial charge < -0.3 is 9.88 Å². The van der Waals surface area contributed by atoms with Crippen LogP contribution in [0, 0.1) is 0 Å². The first-order valence-electron chi connectivity index (χ1n) is 7.85. The van der Waals surface area contributed by atoms with Crippen molar-refractivity contribution in [1.82, 2.24) is 14.9 Å². The number of hydrogen-bond acceptors (Lipinski definition) is 2. The van der Waals surface area contributed by atoms with Crippen LogP contribution in [0.15, 0.2) is 48.7 Å². The van der Waals surface area contributed by atoms with Crippen LogP contribution >= 0.6 is 35.6 Å². The van der Waals surface area contributed by atoms with Crippen LogP contribution in [-0.2, 0) is 6.54 Å². The van der Waals surface area contributed by atoms with Crippen LogP contribution in [0.3, 0.4) is 0 Å². The fourth-order valence-corrected chi connectivity index (χ4v) is 2.82. The predicted octanol–water partition coefficient (Wildman–Crippen LogP) is 5.92. The van der Waals surface area contributed by atoms with Gasteiger partial charge in [0.25, 0.3) is 0 Å². The number of H-pyrrole nitrogens is 1. The summed E-state index contributed by atoms with van der Waals surface area (Å²) in [7, 11) is 2.12. The second kappa shape index (κ2) is 8.72. The molecule has 0 amide bonds. The second-order valence-corrected chi connectivity index (χ2v) is 6.62. The lowest BCUT2D eigenvalue weighted by Crippen LogP contribution is -2.16. The number of aromatic amines is 1. The molecule has 25 heavy (non-hydrogen) atoms. The molecule has 0 aliphatic carbocycles. The molecule has 0 spiro atoms. The number of aromatic nitrogens is 2. The van der Waals surface area contributed by atoms with Crippen LogP contribution < -0.4 is 0 Å². The minimum Gasteiger partial charge on any atom is -0.338 e. The third-order valence-corrected chi connectivity index (χ3v) is 4.74. The molecule has 2 aromatic carbocycles. The third-order valence-electron chi connectivity index (χ3n) is 4.00. The van der Waals surface area contributed by atoms with E-state index in [1.165, 1.54) is 5.56 Å². The summed E-state index contributed by atoms with van der Waals surface area (Å²) < 4.78 is 0. The second-order valence-electron chi connectivity index (χ2n) is 5.81. The fraction of sp³-hybridized carbons (Fsp3) is 0.211. The molecule has 3 nitrogen and oxygen atoms in total. The van der Waals surface area contributed by atoms with Gasteiger partial charge in [0.2, 0.25) is 0 Å². The van der Waals surface area contributed by atoms with Gasteiger partial charge in [0.1, 0.15) is 5.82 Å². The summed E-state index contributed by atoms with van der Waals surface area (Å²) in [6, 6.07) is 14.0. The van der Waals surface area contributed by atoms with Crippen molar-refractivity contribution in [3.63, 3.8) is 0 Å². The fourth-order valence-electron chi connectivity index (χ4n) is 2.52. The summed E-state index contributed by atoms with van der Waals surface area (Å²) in [5.74, 6) is 0.777. The Hall–Kier alpha value is -1.52. The Morgan fingerprint density at radius 2 is 1.84 bits per heavy atom. The molecule has 0 radical (unpaired) electrons. The lowest BCUT2D eigenvalue weighted by Gasteiger charge is -2.14. The highest BCUT2D eigenvalue weighted by Gasteiger charge is 2.08. The van der Waals surface area contributed by atoms with E-state index < -0.39 is 0 Å². The summed E-state index contributed by atoms with van der Waals surface area (Å²) in [6.45, 7) is 4.11. The Balaban J connectivity index is 0.00000225. The number of nitrogens with zero attached hydrogens (tertiary/aromatic N) is 2. The van der Waals surface area contributed by atoms with E-state index in [2.05, 4.69) is 53.1 Å². The zero-order valence-electron chi connectivity index (χ0n) is 14.1. The van der Waals surface area contributed by atoms with E-state index in [1.807, 2.05) is 18.3 Å². The molecule has 1 aromatic heterocycles. The van der Waals surface area contributed by atoms with Gasteiger partial charge in [0, 0.05) is 12.1 Å². The van der Waals surface area contributed by atoms with Crippen molar-refractivity contribution >= 4 is 35.6 Å². The van der Waals surface area contributed by atoms with Gasteiger partial charge in [-0.25, -0.2) is 4.98 Å². The summed E-state index contributed by atoms with van der Waals surface area (Å²) in [6.07, 6.45) is 1.85. The quantitative estimate of drug-likeness (QED) is 0.580. The standard InChI is InChI=1S/C19H19Cl2N3.ClH/c1-3-24(2)12-13-5-4-6-14(9-13)18-11-22-19(23-18)15-7-8-16(20)17(21)10-15;/h4-11H,3,12H2,1-2H3,(H,22,23);1H. The maximum Gasteiger partial charge on any atom is 0.137 e. The molecule has 0 saturated carbocycles.